The Balaban J connectivity index is 1.69. The van der Waals surface area contributed by atoms with Gasteiger partial charge in [0.1, 0.15) is 5.60 Å². The van der Waals surface area contributed by atoms with Crippen LogP contribution in [0.2, 0.25) is 0 Å². The van der Waals surface area contributed by atoms with Crippen LogP contribution in [-0.2, 0) is 19.1 Å². The molecule has 6 heteroatoms. The highest BCUT2D eigenvalue weighted by atomic mass is 16.6. The van der Waals surface area contributed by atoms with Gasteiger partial charge in [0, 0.05) is 25.3 Å². The van der Waals surface area contributed by atoms with Gasteiger partial charge < -0.3 is 19.7 Å². The molecule has 116 valence electrons. The van der Waals surface area contributed by atoms with Crippen molar-refractivity contribution >= 4 is 11.9 Å². The lowest BCUT2D eigenvalue weighted by Gasteiger charge is -2.62. The van der Waals surface area contributed by atoms with Gasteiger partial charge in [-0.1, -0.05) is 6.58 Å². The summed E-state index contributed by atoms with van der Waals surface area (Å²) in [6, 6.07) is 0. The fraction of sp³-hybridized carbons (Fsp3) is 0.733. The van der Waals surface area contributed by atoms with Crippen LogP contribution < -0.4 is 0 Å². The Morgan fingerprint density at radius 2 is 1.76 bits per heavy atom. The van der Waals surface area contributed by atoms with Gasteiger partial charge in [-0.15, -0.1) is 0 Å². The molecule has 2 atom stereocenters. The number of carbonyl (C=O) groups is 2. The first-order chi connectivity index (χ1) is 9.76. The second kappa shape index (κ2) is 4.55. The summed E-state index contributed by atoms with van der Waals surface area (Å²) in [6.07, 6.45) is 3.98. The molecule has 4 bridgehead atoms. The molecule has 0 radical (unpaired) electrons. The Labute approximate surface area is 122 Å². The van der Waals surface area contributed by atoms with Crippen molar-refractivity contribution in [1.29, 1.82) is 0 Å². The normalized spacial score (nSPS) is 43.4. The average Bonchev–Trinajstić information content (AvgIpc) is 2.30. The van der Waals surface area contributed by atoms with Crippen LogP contribution in [-0.4, -0.2) is 45.6 Å². The van der Waals surface area contributed by atoms with Crippen molar-refractivity contribution in [2.24, 2.45) is 5.92 Å². The Bertz CT molecular complexity index is 480. The minimum absolute atomic E-state index is 0.166. The Kier molecular flexibility index (Phi) is 3.15. The minimum atomic E-state index is -0.952. The van der Waals surface area contributed by atoms with E-state index in [4.69, 9.17) is 4.74 Å². The van der Waals surface area contributed by atoms with Crippen LogP contribution in [0.15, 0.2) is 12.7 Å². The molecule has 0 spiro atoms. The van der Waals surface area contributed by atoms with E-state index in [-0.39, 0.29) is 5.92 Å². The van der Waals surface area contributed by atoms with Gasteiger partial charge in [-0.3, -0.25) is 0 Å². The van der Waals surface area contributed by atoms with E-state index in [9.17, 15) is 19.8 Å². The van der Waals surface area contributed by atoms with E-state index in [2.05, 4.69) is 11.3 Å². The fourth-order valence-corrected chi connectivity index (χ4v) is 4.82. The maximum Gasteiger partial charge on any atom is 0.344 e. The van der Waals surface area contributed by atoms with Crippen LogP contribution in [0.3, 0.4) is 0 Å². The van der Waals surface area contributed by atoms with E-state index in [0.717, 1.165) is 6.08 Å². The SMILES string of the molecule is C=CC(=O)OCC(=O)OC12CC3CC(O)(CC(O)(C3)C1)C2. The third kappa shape index (κ3) is 2.70. The van der Waals surface area contributed by atoms with Crippen LogP contribution >= 0.6 is 0 Å². The number of rotatable bonds is 4. The van der Waals surface area contributed by atoms with E-state index in [1.807, 2.05) is 0 Å². The Morgan fingerprint density at radius 3 is 2.29 bits per heavy atom. The third-order valence-corrected chi connectivity index (χ3v) is 4.79. The topological polar surface area (TPSA) is 93.1 Å². The molecule has 0 aliphatic heterocycles. The van der Waals surface area contributed by atoms with Crippen molar-refractivity contribution in [3.8, 4) is 0 Å². The molecule has 0 aromatic heterocycles. The molecule has 21 heavy (non-hydrogen) atoms. The van der Waals surface area contributed by atoms with Crippen LogP contribution in [0.25, 0.3) is 0 Å². The third-order valence-electron chi connectivity index (χ3n) is 4.79. The highest BCUT2D eigenvalue weighted by Gasteiger charge is 2.64. The van der Waals surface area contributed by atoms with Crippen LogP contribution in [0.4, 0.5) is 0 Å². The first kappa shape index (κ1) is 14.5. The predicted molar refractivity (Wildman–Crippen MR) is 71.1 cm³/mol. The zero-order valence-corrected chi connectivity index (χ0v) is 11.8. The van der Waals surface area contributed by atoms with Gasteiger partial charge >= 0.3 is 11.9 Å². The summed E-state index contributed by atoms with van der Waals surface area (Å²) in [5.74, 6) is -1.17. The smallest absolute Gasteiger partial charge is 0.344 e. The van der Waals surface area contributed by atoms with Gasteiger partial charge in [-0.2, -0.15) is 0 Å². The molecule has 4 aliphatic rings. The highest BCUT2D eigenvalue weighted by molar-refractivity contribution is 5.83. The second-order valence-corrected chi connectivity index (χ2v) is 6.93. The standard InChI is InChI=1S/C15H20O6/c1-2-11(16)20-6-12(17)21-15-5-10-3-13(18,8-15)7-14(19,4-10)9-15/h2,10,18-19H,1,3-9H2. The number of hydrogen-bond donors (Lipinski definition) is 2. The molecule has 0 saturated heterocycles. The van der Waals surface area contributed by atoms with Crippen molar-refractivity contribution in [2.75, 3.05) is 6.61 Å². The number of aliphatic hydroxyl groups is 2. The molecule has 2 N–H and O–H groups in total. The molecule has 6 nitrogen and oxygen atoms in total. The summed E-state index contributed by atoms with van der Waals surface area (Å²) in [4.78, 5) is 22.8. The van der Waals surface area contributed by atoms with Gasteiger partial charge in [0.15, 0.2) is 6.61 Å². The zero-order valence-electron chi connectivity index (χ0n) is 11.8. The quantitative estimate of drug-likeness (QED) is 0.578. The van der Waals surface area contributed by atoms with Crippen LogP contribution in [0, 0.1) is 5.92 Å². The van der Waals surface area contributed by atoms with Gasteiger partial charge in [0.25, 0.3) is 0 Å². The largest absolute Gasteiger partial charge is 0.456 e. The van der Waals surface area contributed by atoms with Crippen molar-refractivity contribution in [3.05, 3.63) is 12.7 Å². The zero-order chi connectivity index (χ0) is 15.3. The monoisotopic (exact) mass is 296 g/mol. The number of hydrogen-bond acceptors (Lipinski definition) is 6. The fourth-order valence-electron chi connectivity index (χ4n) is 4.82. The van der Waals surface area contributed by atoms with E-state index < -0.39 is 35.3 Å². The number of carbonyl (C=O) groups excluding carboxylic acids is 2. The highest BCUT2D eigenvalue weighted by Crippen LogP contribution is 2.60. The lowest BCUT2D eigenvalue weighted by Crippen LogP contribution is -2.67. The molecule has 4 aliphatic carbocycles. The summed E-state index contributed by atoms with van der Waals surface area (Å²) < 4.78 is 10.2. The lowest BCUT2D eigenvalue weighted by molar-refractivity contribution is -0.262. The Hall–Kier alpha value is -1.40. The van der Waals surface area contributed by atoms with Crippen molar-refractivity contribution < 1.29 is 29.3 Å². The molecule has 4 fully saturated rings. The first-order valence-corrected chi connectivity index (χ1v) is 7.21. The molecular formula is C15H20O6. The molecule has 0 aromatic rings. The predicted octanol–water partition coefficient (Wildman–Crippen LogP) is 0.457. The summed E-state index contributed by atoms with van der Waals surface area (Å²) in [6.45, 7) is 2.77. The van der Waals surface area contributed by atoms with E-state index in [0.29, 0.717) is 38.5 Å². The summed E-state index contributed by atoms with van der Waals surface area (Å²) in [5.41, 5.74) is -2.74. The molecule has 0 amide bonds. The number of esters is 2. The summed E-state index contributed by atoms with van der Waals surface area (Å²) >= 11 is 0. The first-order valence-electron chi connectivity index (χ1n) is 7.21. The number of ether oxygens (including phenoxy) is 2. The van der Waals surface area contributed by atoms with E-state index in [1.165, 1.54) is 0 Å². The molecule has 0 aromatic carbocycles. The molecule has 4 saturated carbocycles. The molecule has 4 rings (SSSR count). The maximum absolute atomic E-state index is 11.9. The van der Waals surface area contributed by atoms with Crippen molar-refractivity contribution in [1.82, 2.24) is 0 Å². The van der Waals surface area contributed by atoms with Crippen molar-refractivity contribution in [2.45, 2.75) is 55.3 Å². The molecule has 2 unspecified atom stereocenters. The lowest BCUT2D eigenvalue weighted by atomic mass is 9.50. The van der Waals surface area contributed by atoms with Gasteiger partial charge in [0.05, 0.1) is 11.2 Å². The van der Waals surface area contributed by atoms with Gasteiger partial charge in [-0.25, -0.2) is 9.59 Å². The molecule has 0 heterocycles. The van der Waals surface area contributed by atoms with Crippen LogP contribution in [0.1, 0.15) is 38.5 Å². The Morgan fingerprint density at radius 1 is 1.14 bits per heavy atom. The maximum atomic E-state index is 11.9. The average molecular weight is 296 g/mol. The van der Waals surface area contributed by atoms with Crippen molar-refractivity contribution in [3.63, 3.8) is 0 Å². The summed E-state index contributed by atoms with van der Waals surface area (Å²) in [7, 11) is 0. The van der Waals surface area contributed by atoms with E-state index in [1.54, 1.807) is 0 Å². The molecular weight excluding hydrogens is 276 g/mol. The summed E-state index contributed by atoms with van der Waals surface area (Å²) in [5, 5.41) is 21.1. The van der Waals surface area contributed by atoms with E-state index >= 15 is 0 Å². The second-order valence-electron chi connectivity index (χ2n) is 6.93. The van der Waals surface area contributed by atoms with Gasteiger partial charge in [0.2, 0.25) is 0 Å². The van der Waals surface area contributed by atoms with Crippen LogP contribution in [0.5, 0.6) is 0 Å². The minimum Gasteiger partial charge on any atom is -0.456 e. The van der Waals surface area contributed by atoms with Gasteiger partial charge in [-0.05, 0) is 25.2 Å².